The molecule has 134 valence electrons. The lowest BCUT2D eigenvalue weighted by Gasteiger charge is -2.09. The summed E-state index contributed by atoms with van der Waals surface area (Å²) in [6, 6.07) is 3.74. The van der Waals surface area contributed by atoms with Gasteiger partial charge in [-0.3, -0.25) is 23.8 Å². The average molecular weight is 352 g/mol. The number of aromatic nitrogens is 5. The molecule has 0 aromatic carbocycles. The Bertz CT molecular complexity index is 1000. The van der Waals surface area contributed by atoms with Crippen molar-refractivity contribution < 1.29 is 4.79 Å². The van der Waals surface area contributed by atoms with Gasteiger partial charge in [0.25, 0.3) is 5.56 Å². The smallest absolute Gasteiger partial charge is 0.256 e. The number of nitrogens with zero attached hydrogens (tertiary/aromatic N) is 5. The van der Waals surface area contributed by atoms with Crippen LogP contribution in [0.4, 0.5) is 0 Å². The van der Waals surface area contributed by atoms with Crippen molar-refractivity contribution in [3.8, 4) is 11.3 Å². The number of pyridine rings is 1. The predicted molar refractivity (Wildman–Crippen MR) is 96.3 cm³/mol. The molecule has 3 heterocycles. The molecule has 1 N–H and O–H groups in total. The molecule has 0 radical (unpaired) electrons. The molecule has 0 aliphatic carbocycles. The molecular formula is C18H20N6O2. The van der Waals surface area contributed by atoms with E-state index in [1.165, 1.54) is 10.9 Å². The Kier molecular flexibility index (Phi) is 4.92. The van der Waals surface area contributed by atoms with E-state index < -0.39 is 0 Å². The van der Waals surface area contributed by atoms with Crippen molar-refractivity contribution in [2.75, 3.05) is 0 Å². The molecule has 0 atom stereocenters. The summed E-state index contributed by atoms with van der Waals surface area (Å²) in [6.07, 6.45) is 6.71. The zero-order valence-electron chi connectivity index (χ0n) is 14.9. The van der Waals surface area contributed by atoms with Gasteiger partial charge in [-0.2, -0.15) is 5.10 Å². The summed E-state index contributed by atoms with van der Waals surface area (Å²) in [5, 5.41) is 6.95. The zero-order valence-corrected chi connectivity index (χ0v) is 14.9. The maximum absolute atomic E-state index is 12.2. The van der Waals surface area contributed by atoms with E-state index in [0.29, 0.717) is 17.8 Å². The first kappa shape index (κ1) is 17.5. The lowest BCUT2D eigenvalue weighted by molar-refractivity contribution is -0.121. The fourth-order valence-corrected chi connectivity index (χ4v) is 2.50. The van der Waals surface area contributed by atoms with Gasteiger partial charge >= 0.3 is 0 Å². The van der Waals surface area contributed by atoms with Crippen LogP contribution in [0.3, 0.4) is 0 Å². The van der Waals surface area contributed by atoms with Crippen LogP contribution in [-0.4, -0.2) is 30.2 Å². The van der Waals surface area contributed by atoms with Crippen LogP contribution in [0.15, 0.2) is 41.8 Å². The van der Waals surface area contributed by atoms with Gasteiger partial charge in [0, 0.05) is 42.8 Å². The SMILES string of the molecule is Cc1ncn(CC(=O)NCc2ccnc(-c3cnn(C)c3)c2)c(=O)c1C. The van der Waals surface area contributed by atoms with Crippen LogP contribution < -0.4 is 10.9 Å². The van der Waals surface area contributed by atoms with Crippen molar-refractivity contribution in [2.24, 2.45) is 7.05 Å². The van der Waals surface area contributed by atoms with E-state index in [1.54, 1.807) is 30.9 Å². The van der Waals surface area contributed by atoms with Crippen LogP contribution in [0, 0.1) is 13.8 Å². The third-order valence-corrected chi connectivity index (χ3v) is 4.14. The molecule has 0 aliphatic rings. The van der Waals surface area contributed by atoms with E-state index >= 15 is 0 Å². The molecule has 0 bridgehead atoms. The summed E-state index contributed by atoms with van der Waals surface area (Å²) in [5.41, 5.74) is 3.64. The number of carbonyl (C=O) groups excluding carboxylic acids is 1. The van der Waals surface area contributed by atoms with E-state index in [2.05, 4.69) is 20.4 Å². The number of hydrogen-bond acceptors (Lipinski definition) is 5. The summed E-state index contributed by atoms with van der Waals surface area (Å²) < 4.78 is 3.02. The molecule has 3 aromatic heterocycles. The van der Waals surface area contributed by atoms with Crippen LogP contribution in [0.25, 0.3) is 11.3 Å². The Balaban J connectivity index is 1.65. The highest BCUT2D eigenvalue weighted by atomic mass is 16.2. The lowest BCUT2D eigenvalue weighted by atomic mass is 10.1. The zero-order chi connectivity index (χ0) is 18.7. The van der Waals surface area contributed by atoms with E-state index in [0.717, 1.165) is 16.8 Å². The fraction of sp³-hybridized carbons (Fsp3) is 0.278. The minimum Gasteiger partial charge on any atom is -0.350 e. The monoisotopic (exact) mass is 352 g/mol. The first-order valence-electron chi connectivity index (χ1n) is 8.17. The quantitative estimate of drug-likeness (QED) is 0.738. The lowest BCUT2D eigenvalue weighted by Crippen LogP contribution is -2.33. The van der Waals surface area contributed by atoms with Crippen molar-refractivity contribution in [2.45, 2.75) is 26.9 Å². The van der Waals surface area contributed by atoms with Gasteiger partial charge in [-0.25, -0.2) is 4.98 Å². The second-order valence-corrected chi connectivity index (χ2v) is 6.12. The summed E-state index contributed by atoms with van der Waals surface area (Å²) in [4.78, 5) is 32.7. The first-order valence-corrected chi connectivity index (χ1v) is 8.17. The van der Waals surface area contributed by atoms with Gasteiger partial charge in [0.1, 0.15) is 6.54 Å². The highest BCUT2D eigenvalue weighted by molar-refractivity contribution is 5.75. The van der Waals surface area contributed by atoms with Crippen LogP contribution in [0.1, 0.15) is 16.8 Å². The molecule has 0 spiro atoms. The van der Waals surface area contributed by atoms with Gasteiger partial charge in [0.2, 0.25) is 5.91 Å². The Hall–Kier alpha value is -3.29. The molecule has 3 aromatic rings. The van der Waals surface area contributed by atoms with Gasteiger partial charge in [-0.1, -0.05) is 0 Å². The number of amides is 1. The van der Waals surface area contributed by atoms with Gasteiger partial charge in [0.15, 0.2) is 0 Å². The van der Waals surface area contributed by atoms with Crippen molar-refractivity contribution in [3.05, 3.63) is 64.2 Å². The molecule has 0 saturated heterocycles. The Morgan fingerprint density at radius 2 is 2.08 bits per heavy atom. The number of hydrogen-bond donors (Lipinski definition) is 1. The van der Waals surface area contributed by atoms with Crippen molar-refractivity contribution >= 4 is 5.91 Å². The Labute approximate surface area is 150 Å². The van der Waals surface area contributed by atoms with Gasteiger partial charge in [0.05, 0.1) is 18.2 Å². The molecule has 0 saturated carbocycles. The van der Waals surface area contributed by atoms with E-state index in [-0.39, 0.29) is 18.0 Å². The maximum Gasteiger partial charge on any atom is 0.256 e. The normalized spacial score (nSPS) is 10.7. The summed E-state index contributed by atoms with van der Waals surface area (Å²) >= 11 is 0. The summed E-state index contributed by atoms with van der Waals surface area (Å²) in [6.45, 7) is 3.76. The molecule has 8 nitrogen and oxygen atoms in total. The van der Waals surface area contributed by atoms with Crippen molar-refractivity contribution in [1.82, 2.24) is 29.6 Å². The standard InChI is InChI=1S/C18H20N6O2/c1-12-13(2)21-11-24(18(12)26)10-17(25)20-7-14-4-5-19-16(6-14)15-8-22-23(3)9-15/h4-6,8-9,11H,7,10H2,1-3H3,(H,20,25). The number of carbonyl (C=O) groups is 1. The van der Waals surface area contributed by atoms with Gasteiger partial charge in [-0.15, -0.1) is 0 Å². The fourth-order valence-electron chi connectivity index (χ4n) is 2.50. The van der Waals surface area contributed by atoms with Crippen LogP contribution in [-0.2, 0) is 24.9 Å². The highest BCUT2D eigenvalue weighted by Gasteiger charge is 2.09. The van der Waals surface area contributed by atoms with Crippen molar-refractivity contribution in [1.29, 1.82) is 0 Å². The maximum atomic E-state index is 12.2. The molecular weight excluding hydrogens is 332 g/mol. The molecule has 0 unspecified atom stereocenters. The third-order valence-electron chi connectivity index (χ3n) is 4.14. The number of rotatable bonds is 5. The largest absolute Gasteiger partial charge is 0.350 e. The van der Waals surface area contributed by atoms with E-state index in [9.17, 15) is 9.59 Å². The summed E-state index contributed by atoms with van der Waals surface area (Å²) in [7, 11) is 1.84. The molecule has 0 fully saturated rings. The Morgan fingerprint density at radius 3 is 2.81 bits per heavy atom. The van der Waals surface area contributed by atoms with Crippen LogP contribution in [0.5, 0.6) is 0 Å². The van der Waals surface area contributed by atoms with Crippen LogP contribution >= 0.6 is 0 Å². The molecule has 0 aliphatic heterocycles. The molecule has 3 rings (SSSR count). The second-order valence-electron chi connectivity index (χ2n) is 6.12. The van der Waals surface area contributed by atoms with E-state index in [1.807, 2.05) is 25.4 Å². The molecule has 1 amide bonds. The minimum absolute atomic E-state index is 0.0620. The Morgan fingerprint density at radius 1 is 1.27 bits per heavy atom. The highest BCUT2D eigenvalue weighted by Crippen LogP contribution is 2.16. The molecule has 26 heavy (non-hydrogen) atoms. The van der Waals surface area contributed by atoms with Crippen LogP contribution in [0.2, 0.25) is 0 Å². The minimum atomic E-state index is -0.253. The predicted octanol–water partition coefficient (Wildman–Crippen LogP) is 0.972. The average Bonchev–Trinajstić information content (AvgIpc) is 3.07. The van der Waals surface area contributed by atoms with E-state index in [4.69, 9.17) is 0 Å². The van der Waals surface area contributed by atoms with Gasteiger partial charge in [-0.05, 0) is 31.5 Å². The van der Waals surface area contributed by atoms with Crippen molar-refractivity contribution in [3.63, 3.8) is 0 Å². The number of aryl methyl sites for hydroxylation is 2. The summed E-state index contributed by atoms with van der Waals surface area (Å²) in [5.74, 6) is -0.253. The first-order chi connectivity index (χ1) is 12.4. The topological polar surface area (TPSA) is 94.7 Å². The van der Waals surface area contributed by atoms with Gasteiger partial charge < -0.3 is 5.32 Å². The third kappa shape index (κ3) is 3.85. The molecule has 8 heteroatoms. The second kappa shape index (κ2) is 7.30. The number of nitrogens with one attached hydrogen (secondary N) is 1.